The predicted molar refractivity (Wildman–Crippen MR) is 58.4 cm³/mol. The number of β-amino-alcohol motifs (C(OH)–C–C–N with tert-alkyl or cyclic N) is 1. The smallest absolute Gasteiger partial charge is 0.341 e. The average Bonchev–Trinajstić information content (AvgIpc) is 2.25. The van der Waals surface area contributed by atoms with Crippen LogP contribution in [0.2, 0.25) is 0 Å². The summed E-state index contributed by atoms with van der Waals surface area (Å²) < 4.78 is 4.95. The molecule has 0 amide bonds. The number of esters is 1. The zero-order chi connectivity index (χ0) is 11.5. The van der Waals surface area contributed by atoms with E-state index >= 15 is 0 Å². The number of aliphatic hydroxyl groups is 1. The summed E-state index contributed by atoms with van der Waals surface area (Å²) in [7, 11) is 0. The molecular weight excluding hydrogens is 208 g/mol. The topological polar surface area (TPSA) is 62.7 Å². The van der Waals surface area contributed by atoms with Gasteiger partial charge in [-0.3, -0.25) is 0 Å². The van der Waals surface area contributed by atoms with E-state index in [2.05, 4.69) is 4.98 Å². The molecule has 0 unspecified atom stereocenters. The SMILES string of the molecule is CCOC(=O)c1cccnc1N1CC(O)C1. The van der Waals surface area contributed by atoms with Crippen molar-refractivity contribution in [3.05, 3.63) is 23.9 Å². The van der Waals surface area contributed by atoms with Crippen molar-refractivity contribution in [3.8, 4) is 0 Å². The molecule has 1 saturated heterocycles. The quantitative estimate of drug-likeness (QED) is 0.752. The predicted octanol–water partition coefficient (Wildman–Crippen LogP) is 0.439. The molecule has 1 fully saturated rings. The summed E-state index contributed by atoms with van der Waals surface area (Å²) in [4.78, 5) is 17.7. The van der Waals surface area contributed by atoms with Crippen LogP contribution in [0.1, 0.15) is 17.3 Å². The first kappa shape index (κ1) is 10.9. The van der Waals surface area contributed by atoms with E-state index < -0.39 is 0 Å². The Labute approximate surface area is 93.7 Å². The molecule has 5 nitrogen and oxygen atoms in total. The largest absolute Gasteiger partial charge is 0.462 e. The molecule has 0 radical (unpaired) electrons. The summed E-state index contributed by atoms with van der Waals surface area (Å²) in [6.45, 7) is 3.14. The first-order valence-electron chi connectivity index (χ1n) is 5.27. The van der Waals surface area contributed by atoms with Gasteiger partial charge in [0, 0.05) is 19.3 Å². The van der Waals surface area contributed by atoms with E-state index in [1.54, 1.807) is 25.3 Å². The molecule has 0 aromatic carbocycles. The highest BCUT2D eigenvalue weighted by Crippen LogP contribution is 2.23. The highest BCUT2D eigenvalue weighted by Gasteiger charge is 2.29. The Kier molecular flexibility index (Phi) is 3.05. The van der Waals surface area contributed by atoms with Crippen LogP contribution in [0.25, 0.3) is 0 Å². The second-order valence-electron chi connectivity index (χ2n) is 3.65. The number of rotatable bonds is 3. The molecule has 1 aromatic rings. The van der Waals surface area contributed by atoms with Gasteiger partial charge in [-0.05, 0) is 19.1 Å². The number of nitrogens with zero attached hydrogens (tertiary/aromatic N) is 2. The van der Waals surface area contributed by atoms with Crippen molar-refractivity contribution in [2.45, 2.75) is 13.0 Å². The second kappa shape index (κ2) is 4.49. The summed E-state index contributed by atoms with van der Waals surface area (Å²) in [5, 5.41) is 9.23. The van der Waals surface area contributed by atoms with Crippen molar-refractivity contribution < 1.29 is 14.6 Å². The lowest BCUT2D eigenvalue weighted by Crippen LogP contribution is -2.51. The lowest BCUT2D eigenvalue weighted by Gasteiger charge is -2.37. The Morgan fingerprint density at radius 1 is 1.69 bits per heavy atom. The van der Waals surface area contributed by atoms with Gasteiger partial charge >= 0.3 is 5.97 Å². The van der Waals surface area contributed by atoms with Crippen molar-refractivity contribution in [1.82, 2.24) is 4.98 Å². The van der Waals surface area contributed by atoms with Crippen molar-refractivity contribution in [3.63, 3.8) is 0 Å². The van der Waals surface area contributed by atoms with Crippen molar-refractivity contribution in [2.24, 2.45) is 0 Å². The van der Waals surface area contributed by atoms with Gasteiger partial charge in [0.1, 0.15) is 11.4 Å². The standard InChI is InChI=1S/C11H14N2O3/c1-2-16-11(15)9-4-3-5-12-10(9)13-6-8(14)7-13/h3-5,8,14H,2,6-7H2,1H3. The fourth-order valence-corrected chi connectivity index (χ4v) is 1.65. The van der Waals surface area contributed by atoms with E-state index in [9.17, 15) is 9.90 Å². The molecule has 2 heterocycles. The van der Waals surface area contributed by atoms with Gasteiger partial charge in [-0.1, -0.05) is 0 Å². The minimum atomic E-state index is -0.369. The van der Waals surface area contributed by atoms with E-state index in [0.717, 1.165) is 0 Å². The number of aromatic nitrogens is 1. The fraction of sp³-hybridized carbons (Fsp3) is 0.455. The molecule has 0 aliphatic carbocycles. The first-order valence-corrected chi connectivity index (χ1v) is 5.27. The second-order valence-corrected chi connectivity index (χ2v) is 3.65. The molecule has 86 valence electrons. The normalized spacial score (nSPS) is 15.8. The Balaban J connectivity index is 2.20. The van der Waals surface area contributed by atoms with Gasteiger partial charge in [-0.25, -0.2) is 9.78 Å². The van der Waals surface area contributed by atoms with Crippen LogP contribution in [0.4, 0.5) is 5.82 Å². The number of aliphatic hydroxyl groups excluding tert-OH is 1. The molecule has 2 rings (SSSR count). The zero-order valence-electron chi connectivity index (χ0n) is 9.09. The Bertz CT molecular complexity index is 389. The molecule has 1 N–H and O–H groups in total. The third-order valence-corrected chi connectivity index (χ3v) is 2.44. The number of carbonyl (C=O) groups is 1. The van der Waals surface area contributed by atoms with Crippen LogP contribution in [-0.4, -0.2) is 41.9 Å². The van der Waals surface area contributed by atoms with E-state index in [1.165, 1.54) is 0 Å². The maximum absolute atomic E-state index is 11.6. The average molecular weight is 222 g/mol. The third kappa shape index (κ3) is 1.99. The van der Waals surface area contributed by atoms with Crippen molar-refractivity contribution >= 4 is 11.8 Å². The highest BCUT2D eigenvalue weighted by molar-refractivity contribution is 5.94. The number of pyridine rings is 1. The minimum absolute atomic E-state index is 0.322. The van der Waals surface area contributed by atoms with E-state index in [0.29, 0.717) is 31.1 Å². The molecule has 0 atom stereocenters. The lowest BCUT2D eigenvalue weighted by atomic mass is 10.1. The maximum Gasteiger partial charge on any atom is 0.341 e. The summed E-state index contributed by atoms with van der Waals surface area (Å²) >= 11 is 0. The molecule has 0 saturated carbocycles. The Morgan fingerprint density at radius 3 is 3.06 bits per heavy atom. The van der Waals surface area contributed by atoms with Crippen LogP contribution >= 0.6 is 0 Å². The van der Waals surface area contributed by atoms with Gasteiger partial charge in [0.2, 0.25) is 0 Å². The Morgan fingerprint density at radius 2 is 2.44 bits per heavy atom. The van der Waals surface area contributed by atoms with Gasteiger partial charge in [0.05, 0.1) is 12.7 Å². The van der Waals surface area contributed by atoms with E-state index in [4.69, 9.17) is 4.74 Å². The van der Waals surface area contributed by atoms with Gasteiger partial charge in [0.25, 0.3) is 0 Å². The Hall–Kier alpha value is -1.62. The molecule has 1 aliphatic rings. The van der Waals surface area contributed by atoms with Crippen LogP contribution in [0.3, 0.4) is 0 Å². The molecule has 1 aromatic heterocycles. The summed E-state index contributed by atoms with van der Waals surface area (Å²) in [5.74, 6) is 0.221. The molecule has 0 spiro atoms. The van der Waals surface area contributed by atoms with Crippen LogP contribution in [0, 0.1) is 0 Å². The van der Waals surface area contributed by atoms with Gasteiger partial charge < -0.3 is 14.7 Å². The summed E-state index contributed by atoms with van der Waals surface area (Å²) in [6, 6.07) is 3.39. The highest BCUT2D eigenvalue weighted by atomic mass is 16.5. The first-order chi connectivity index (χ1) is 7.72. The number of ether oxygens (including phenoxy) is 1. The van der Waals surface area contributed by atoms with E-state index in [1.807, 2.05) is 4.90 Å². The lowest BCUT2D eigenvalue weighted by molar-refractivity contribution is 0.0525. The van der Waals surface area contributed by atoms with Crippen LogP contribution < -0.4 is 4.90 Å². The van der Waals surface area contributed by atoms with Crippen LogP contribution in [0.5, 0.6) is 0 Å². The summed E-state index contributed by atoms with van der Waals surface area (Å²) in [5.41, 5.74) is 0.455. The molecular formula is C11H14N2O3. The van der Waals surface area contributed by atoms with Crippen molar-refractivity contribution in [2.75, 3.05) is 24.6 Å². The van der Waals surface area contributed by atoms with Gasteiger partial charge in [-0.15, -0.1) is 0 Å². The number of hydrogen-bond donors (Lipinski definition) is 1. The van der Waals surface area contributed by atoms with Gasteiger partial charge in [0.15, 0.2) is 0 Å². The minimum Gasteiger partial charge on any atom is -0.462 e. The number of anilines is 1. The zero-order valence-corrected chi connectivity index (χ0v) is 9.09. The summed E-state index contributed by atoms with van der Waals surface area (Å²) in [6.07, 6.45) is 1.31. The number of hydrogen-bond acceptors (Lipinski definition) is 5. The van der Waals surface area contributed by atoms with Crippen LogP contribution in [-0.2, 0) is 4.74 Å². The van der Waals surface area contributed by atoms with Crippen molar-refractivity contribution in [1.29, 1.82) is 0 Å². The molecule has 16 heavy (non-hydrogen) atoms. The third-order valence-electron chi connectivity index (χ3n) is 2.44. The van der Waals surface area contributed by atoms with Gasteiger partial charge in [-0.2, -0.15) is 0 Å². The molecule has 1 aliphatic heterocycles. The van der Waals surface area contributed by atoms with E-state index in [-0.39, 0.29) is 12.1 Å². The number of carbonyl (C=O) groups excluding carboxylic acids is 1. The fourth-order valence-electron chi connectivity index (χ4n) is 1.65. The maximum atomic E-state index is 11.6. The molecule has 5 heteroatoms. The van der Waals surface area contributed by atoms with Crippen LogP contribution in [0.15, 0.2) is 18.3 Å². The molecule has 0 bridgehead atoms. The monoisotopic (exact) mass is 222 g/mol.